The van der Waals surface area contributed by atoms with Crippen molar-refractivity contribution >= 4 is 22.9 Å². The molecule has 0 atom stereocenters. The molecule has 0 aliphatic heterocycles. The molecule has 0 saturated heterocycles. The number of carbonyl (C=O) groups excluding carboxylic acids is 1. The van der Waals surface area contributed by atoms with E-state index in [1.807, 2.05) is 40.4 Å². The lowest BCUT2D eigenvalue weighted by Gasteiger charge is -2.08. The first kappa shape index (κ1) is 13.3. The number of benzene rings is 1. The van der Waals surface area contributed by atoms with Crippen LogP contribution < -0.4 is 5.32 Å². The summed E-state index contributed by atoms with van der Waals surface area (Å²) in [6.07, 6.45) is 7.76. The van der Waals surface area contributed by atoms with E-state index in [2.05, 4.69) is 16.4 Å². The van der Waals surface area contributed by atoms with Gasteiger partial charge in [0.25, 0.3) is 5.91 Å². The number of thiophene rings is 1. The Morgan fingerprint density at radius 3 is 3.00 bits per heavy atom. The Labute approximate surface area is 132 Å². The molecule has 1 saturated carbocycles. The second-order valence-corrected chi connectivity index (χ2v) is 6.37. The summed E-state index contributed by atoms with van der Waals surface area (Å²) in [5, 5.41) is 5.01. The molecule has 1 aromatic carbocycles. The van der Waals surface area contributed by atoms with Gasteiger partial charge in [-0.3, -0.25) is 4.79 Å². The summed E-state index contributed by atoms with van der Waals surface area (Å²) in [6, 6.07) is 9.85. The zero-order valence-electron chi connectivity index (χ0n) is 11.9. The predicted molar refractivity (Wildman–Crippen MR) is 87.8 cm³/mol. The molecule has 0 unspecified atom stereocenters. The SMILES string of the molecule is O=C(Nc1cccc(-n2ccnc2)c1)c1sccc1C1CC1. The summed E-state index contributed by atoms with van der Waals surface area (Å²) in [7, 11) is 0. The van der Waals surface area contributed by atoms with E-state index in [-0.39, 0.29) is 5.91 Å². The number of imidazole rings is 1. The quantitative estimate of drug-likeness (QED) is 0.790. The van der Waals surface area contributed by atoms with Crippen LogP contribution in [0.3, 0.4) is 0 Å². The standard InChI is InChI=1S/C17H15N3OS/c21-17(16-15(6-9-22-16)12-4-5-12)19-13-2-1-3-14(10-13)20-8-7-18-11-20/h1-3,6-12H,4-5H2,(H,19,21). The average molecular weight is 309 g/mol. The molecular formula is C17H15N3OS. The first-order valence-electron chi connectivity index (χ1n) is 7.28. The molecule has 22 heavy (non-hydrogen) atoms. The van der Waals surface area contributed by atoms with Gasteiger partial charge in [0.05, 0.1) is 11.2 Å². The molecule has 1 fully saturated rings. The molecule has 1 amide bonds. The maximum atomic E-state index is 12.5. The molecule has 0 radical (unpaired) electrons. The van der Waals surface area contributed by atoms with E-state index < -0.39 is 0 Å². The minimum atomic E-state index is -0.0142. The largest absolute Gasteiger partial charge is 0.321 e. The van der Waals surface area contributed by atoms with Crippen molar-refractivity contribution in [2.45, 2.75) is 18.8 Å². The molecule has 5 heteroatoms. The third-order valence-electron chi connectivity index (χ3n) is 3.83. The van der Waals surface area contributed by atoms with E-state index in [1.165, 1.54) is 29.7 Å². The van der Waals surface area contributed by atoms with Crippen molar-refractivity contribution in [3.8, 4) is 5.69 Å². The van der Waals surface area contributed by atoms with E-state index in [1.54, 1.807) is 12.5 Å². The van der Waals surface area contributed by atoms with Gasteiger partial charge in [-0.25, -0.2) is 4.98 Å². The van der Waals surface area contributed by atoms with Crippen LogP contribution >= 0.6 is 11.3 Å². The molecule has 1 N–H and O–H groups in total. The highest BCUT2D eigenvalue weighted by atomic mass is 32.1. The molecule has 1 aliphatic rings. The Balaban J connectivity index is 1.57. The number of amides is 1. The first-order valence-corrected chi connectivity index (χ1v) is 8.16. The molecule has 2 heterocycles. The van der Waals surface area contributed by atoms with Gasteiger partial charge in [0.15, 0.2) is 0 Å². The minimum absolute atomic E-state index is 0.0142. The number of nitrogens with one attached hydrogen (secondary N) is 1. The smallest absolute Gasteiger partial charge is 0.266 e. The number of carbonyl (C=O) groups is 1. The number of hydrogen-bond donors (Lipinski definition) is 1. The highest BCUT2D eigenvalue weighted by molar-refractivity contribution is 7.12. The predicted octanol–water partition coefficient (Wildman–Crippen LogP) is 4.06. The van der Waals surface area contributed by atoms with Crippen molar-refractivity contribution in [2.24, 2.45) is 0 Å². The van der Waals surface area contributed by atoms with E-state index in [4.69, 9.17) is 0 Å². The normalized spacial score (nSPS) is 14.0. The lowest BCUT2D eigenvalue weighted by atomic mass is 10.1. The van der Waals surface area contributed by atoms with Crippen molar-refractivity contribution in [3.63, 3.8) is 0 Å². The zero-order valence-corrected chi connectivity index (χ0v) is 12.7. The van der Waals surface area contributed by atoms with Crippen LogP contribution in [0.2, 0.25) is 0 Å². The van der Waals surface area contributed by atoms with Crippen molar-refractivity contribution < 1.29 is 4.79 Å². The van der Waals surface area contributed by atoms with Gasteiger partial charge in [-0.1, -0.05) is 6.07 Å². The second kappa shape index (κ2) is 5.42. The summed E-state index contributed by atoms with van der Waals surface area (Å²) in [5.74, 6) is 0.573. The van der Waals surface area contributed by atoms with Gasteiger partial charge in [0, 0.05) is 23.8 Å². The van der Waals surface area contributed by atoms with Gasteiger partial charge in [0.2, 0.25) is 0 Å². The molecule has 3 aromatic rings. The molecule has 4 rings (SSSR count). The highest BCUT2D eigenvalue weighted by Gasteiger charge is 2.28. The van der Waals surface area contributed by atoms with Crippen molar-refractivity contribution in [1.29, 1.82) is 0 Å². The fourth-order valence-electron chi connectivity index (χ4n) is 2.56. The maximum absolute atomic E-state index is 12.5. The van der Waals surface area contributed by atoms with Crippen LogP contribution in [0, 0.1) is 0 Å². The molecule has 0 spiro atoms. The molecule has 1 aliphatic carbocycles. The zero-order chi connectivity index (χ0) is 14.9. The van der Waals surface area contributed by atoms with Gasteiger partial charge in [-0.15, -0.1) is 11.3 Å². The minimum Gasteiger partial charge on any atom is -0.321 e. The lowest BCUT2D eigenvalue weighted by Crippen LogP contribution is -2.12. The van der Waals surface area contributed by atoms with Crippen LogP contribution in [0.25, 0.3) is 5.69 Å². The Morgan fingerprint density at radius 2 is 2.23 bits per heavy atom. The molecule has 0 bridgehead atoms. The molecule has 2 aromatic heterocycles. The Hall–Kier alpha value is -2.40. The number of aromatic nitrogens is 2. The number of nitrogens with zero attached hydrogens (tertiary/aromatic N) is 2. The summed E-state index contributed by atoms with van der Waals surface area (Å²) in [6.45, 7) is 0. The van der Waals surface area contributed by atoms with Crippen LogP contribution in [-0.2, 0) is 0 Å². The van der Waals surface area contributed by atoms with Crippen molar-refractivity contribution in [1.82, 2.24) is 9.55 Å². The number of hydrogen-bond acceptors (Lipinski definition) is 3. The topological polar surface area (TPSA) is 46.9 Å². The van der Waals surface area contributed by atoms with Crippen LogP contribution in [0.1, 0.15) is 34.0 Å². The summed E-state index contributed by atoms with van der Waals surface area (Å²) < 4.78 is 1.91. The Kier molecular flexibility index (Phi) is 3.27. The number of rotatable bonds is 4. The van der Waals surface area contributed by atoms with E-state index in [0.29, 0.717) is 5.92 Å². The highest BCUT2D eigenvalue weighted by Crippen LogP contribution is 2.43. The van der Waals surface area contributed by atoms with Gasteiger partial charge < -0.3 is 9.88 Å². The molecule has 4 nitrogen and oxygen atoms in total. The average Bonchev–Trinajstić information content (AvgIpc) is 3.05. The summed E-state index contributed by atoms with van der Waals surface area (Å²) in [4.78, 5) is 17.4. The van der Waals surface area contributed by atoms with Crippen LogP contribution in [-0.4, -0.2) is 15.5 Å². The Morgan fingerprint density at radius 1 is 1.32 bits per heavy atom. The van der Waals surface area contributed by atoms with Gasteiger partial charge in [-0.2, -0.15) is 0 Å². The van der Waals surface area contributed by atoms with Crippen LogP contribution in [0.5, 0.6) is 0 Å². The first-order chi connectivity index (χ1) is 10.8. The van der Waals surface area contributed by atoms with Crippen LogP contribution in [0.4, 0.5) is 5.69 Å². The van der Waals surface area contributed by atoms with Crippen molar-refractivity contribution in [2.75, 3.05) is 5.32 Å². The molecular weight excluding hydrogens is 294 g/mol. The van der Waals surface area contributed by atoms with E-state index in [9.17, 15) is 4.79 Å². The van der Waals surface area contributed by atoms with E-state index >= 15 is 0 Å². The summed E-state index contributed by atoms with van der Waals surface area (Å²) in [5.41, 5.74) is 2.98. The lowest BCUT2D eigenvalue weighted by molar-refractivity contribution is 0.102. The summed E-state index contributed by atoms with van der Waals surface area (Å²) >= 11 is 1.52. The third kappa shape index (κ3) is 2.55. The third-order valence-corrected chi connectivity index (χ3v) is 4.75. The fraction of sp³-hybridized carbons (Fsp3) is 0.176. The van der Waals surface area contributed by atoms with Gasteiger partial charge in [-0.05, 0) is 54.0 Å². The fourth-order valence-corrected chi connectivity index (χ4v) is 3.44. The van der Waals surface area contributed by atoms with Crippen LogP contribution in [0.15, 0.2) is 54.4 Å². The second-order valence-electron chi connectivity index (χ2n) is 5.45. The number of anilines is 1. The monoisotopic (exact) mass is 309 g/mol. The van der Waals surface area contributed by atoms with Gasteiger partial charge in [0.1, 0.15) is 0 Å². The molecule has 110 valence electrons. The van der Waals surface area contributed by atoms with E-state index in [0.717, 1.165) is 16.3 Å². The van der Waals surface area contributed by atoms with Gasteiger partial charge >= 0.3 is 0 Å². The van der Waals surface area contributed by atoms with Crippen molar-refractivity contribution in [3.05, 3.63) is 64.9 Å². The maximum Gasteiger partial charge on any atom is 0.266 e. The Bertz CT molecular complexity index is 803.